The number of ether oxygens (including phenoxy) is 1. The lowest BCUT2D eigenvalue weighted by molar-refractivity contribution is 0.103. The van der Waals surface area contributed by atoms with Gasteiger partial charge in [0.15, 0.2) is 0 Å². The molecule has 0 aliphatic heterocycles. The third-order valence-electron chi connectivity index (χ3n) is 5.42. The number of rotatable bonds is 16. The highest BCUT2D eigenvalue weighted by Gasteiger charge is 2.49. The zero-order valence-electron chi connectivity index (χ0n) is 17.8. The van der Waals surface area contributed by atoms with Crippen molar-refractivity contribution >= 4 is 35.7 Å². The first-order valence-electron chi connectivity index (χ1n) is 10.6. The van der Waals surface area contributed by atoms with Gasteiger partial charge in [-0.3, -0.25) is 0 Å². The molecule has 0 aromatic heterocycles. The molecule has 152 valence electrons. The SMILES string of the molecule is CCCCP(=S)(CCCC)C(C)(OCC)P(=S)(CCCC)CCCC. The molecule has 0 fully saturated rings. The van der Waals surface area contributed by atoms with Gasteiger partial charge in [-0.15, -0.1) is 0 Å². The summed E-state index contributed by atoms with van der Waals surface area (Å²) in [4.78, 5) is 0. The van der Waals surface area contributed by atoms with Crippen LogP contribution in [0.1, 0.15) is 92.9 Å². The number of hydrogen-bond acceptors (Lipinski definition) is 3. The lowest BCUT2D eigenvalue weighted by Crippen LogP contribution is -2.34. The summed E-state index contributed by atoms with van der Waals surface area (Å²) in [7, 11) is 0. The molecule has 0 spiro atoms. The molecule has 0 radical (unpaired) electrons. The van der Waals surface area contributed by atoms with E-state index in [1.54, 1.807) is 0 Å². The van der Waals surface area contributed by atoms with Crippen LogP contribution in [0.25, 0.3) is 0 Å². The minimum atomic E-state index is -1.64. The molecule has 0 aromatic rings. The maximum absolute atomic E-state index is 6.64. The van der Waals surface area contributed by atoms with Gasteiger partial charge in [0.05, 0.1) is 0 Å². The van der Waals surface area contributed by atoms with Crippen molar-refractivity contribution < 1.29 is 4.74 Å². The molecule has 0 N–H and O–H groups in total. The topological polar surface area (TPSA) is 9.23 Å². The summed E-state index contributed by atoms with van der Waals surface area (Å²) in [5, 5.41) is -0.186. The standard InChI is InChI=1S/C20H44OP2S2/c1-7-12-16-22(24,17-13-8-2)20(6,21-11-5)23(25,18-14-9-3)19-15-10-4/h7-19H2,1-6H3. The van der Waals surface area contributed by atoms with Gasteiger partial charge in [-0.25, -0.2) is 0 Å². The van der Waals surface area contributed by atoms with Crippen molar-refractivity contribution in [2.45, 2.75) is 98.0 Å². The fourth-order valence-corrected chi connectivity index (χ4v) is 18.7. The number of hydrogen-bond donors (Lipinski definition) is 0. The third kappa shape index (κ3) is 7.30. The van der Waals surface area contributed by atoms with Crippen molar-refractivity contribution in [3.05, 3.63) is 0 Å². The Balaban J connectivity index is 6.00. The van der Waals surface area contributed by atoms with Crippen LogP contribution in [0.5, 0.6) is 0 Å². The second kappa shape index (κ2) is 13.4. The average molecular weight is 427 g/mol. The second-order valence-corrected chi connectivity index (χ2v) is 19.1. The molecule has 0 unspecified atom stereocenters. The first-order chi connectivity index (χ1) is 11.8. The largest absolute Gasteiger partial charge is 0.365 e. The van der Waals surface area contributed by atoms with Crippen molar-refractivity contribution in [1.29, 1.82) is 0 Å². The Morgan fingerprint density at radius 1 is 0.640 bits per heavy atom. The van der Waals surface area contributed by atoms with Crippen LogP contribution in [-0.2, 0) is 28.4 Å². The van der Waals surface area contributed by atoms with E-state index in [2.05, 4.69) is 41.5 Å². The van der Waals surface area contributed by atoms with Gasteiger partial charge < -0.3 is 4.74 Å². The van der Waals surface area contributed by atoms with Crippen LogP contribution in [0.2, 0.25) is 0 Å². The molecular weight excluding hydrogens is 382 g/mol. The minimum absolute atomic E-state index is 0.186. The van der Waals surface area contributed by atoms with Crippen molar-refractivity contribution in [3.8, 4) is 0 Å². The van der Waals surface area contributed by atoms with E-state index in [1.165, 1.54) is 76.0 Å². The molecular formula is C20H44OP2S2. The fourth-order valence-electron chi connectivity index (χ4n) is 3.55. The molecule has 25 heavy (non-hydrogen) atoms. The van der Waals surface area contributed by atoms with Crippen molar-refractivity contribution in [3.63, 3.8) is 0 Å². The van der Waals surface area contributed by atoms with Crippen LogP contribution in [0.4, 0.5) is 0 Å². The summed E-state index contributed by atoms with van der Waals surface area (Å²) in [6.45, 7) is 14.4. The molecule has 0 saturated carbocycles. The first-order valence-corrected chi connectivity index (χ1v) is 17.0. The Kier molecular flexibility index (Phi) is 14.1. The normalized spacial score (nSPS) is 13.4. The molecule has 0 aromatic carbocycles. The average Bonchev–Trinajstić information content (AvgIpc) is 2.61. The maximum Gasteiger partial charge on any atom is 0.121 e. The van der Waals surface area contributed by atoms with Crippen LogP contribution in [0, 0.1) is 0 Å². The first kappa shape index (κ1) is 26.3. The molecule has 5 heteroatoms. The third-order valence-corrected chi connectivity index (χ3v) is 20.2. The Labute approximate surface area is 169 Å². The molecule has 1 nitrogen and oxygen atoms in total. The Bertz CT molecular complexity index is 379. The van der Waals surface area contributed by atoms with E-state index in [0.29, 0.717) is 0 Å². The predicted molar refractivity (Wildman–Crippen MR) is 128 cm³/mol. The van der Waals surface area contributed by atoms with Crippen molar-refractivity contribution in [1.82, 2.24) is 0 Å². The summed E-state index contributed by atoms with van der Waals surface area (Å²) in [5.41, 5.74) is 0. The van der Waals surface area contributed by atoms with E-state index in [-0.39, 0.29) is 5.08 Å². The van der Waals surface area contributed by atoms with Gasteiger partial charge in [-0.2, -0.15) is 0 Å². The highest BCUT2D eigenvalue weighted by molar-refractivity contribution is 8.25. The van der Waals surface area contributed by atoms with Gasteiger partial charge in [0, 0.05) is 6.61 Å². The molecule has 0 bridgehead atoms. The van der Waals surface area contributed by atoms with E-state index in [4.69, 9.17) is 28.4 Å². The summed E-state index contributed by atoms with van der Waals surface area (Å²) >= 11 is 13.1. The highest BCUT2D eigenvalue weighted by Crippen LogP contribution is 2.77. The molecule has 0 atom stereocenters. The summed E-state index contributed by atoms with van der Waals surface area (Å²) in [5.74, 6) is 0. The van der Waals surface area contributed by atoms with Crippen LogP contribution in [0.15, 0.2) is 0 Å². The monoisotopic (exact) mass is 426 g/mol. The van der Waals surface area contributed by atoms with Crippen LogP contribution in [0.3, 0.4) is 0 Å². The van der Waals surface area contributed by atoms with Gasteiger partial charge in [-0.05, 0) is 76.3 Å². The number of unbranched alkanes of at least 4 members (excludes halogenated alkanes) is 4. The Morgan fingerprint density at radius 2 is 0.920 bits per heavy atom. The van der Waals surface area contributed by atoms with Gasteiger partial charge in [0.1, 0.15) is 5.08 Å². The highest BCUT2D eigenvalue weighted by atomic mass is 32.5. The lowest BCUT2D eigenvalue weighted by Gasteiger charge is -2.49. The van der Waals surface area contributed by atoms with Crippen LogP contribution in [-0.4, -0.2) is 36.3 Å². The van der Waals surface area contributed by atoms with Gasteiger partial charge in [0.2, 0.25) is 0 Å². The molecule has 0 aliphatic carbocycles. The van der Waals surface area contributed by atoms with Gasteiger partial charge in [-0.1, -0.05) is 77.0 Å². The van der Waals surface area contributed by atoms with Crippen molar-refractivity contribution in [2.24, 2.45) is 0 Å². The van der Waals surface area contributed by atoms with Gasteiger partial charge >= 0.3 is 0 Å². The summed E-state index contributed by atoms with van der Waals surface area (Å²) in [6, 6.07) is -3.27. The van der Waals surface area contributed by atoms with E-state index in [9.17, 15) is 0 Å². The van der Waals surface area contributed by atoms with E-state index in [1.807, 2.05) is 0 Å². The molecule has 0 heterocycles. The van der Waals surface area contributed by atoms with Gasteiger partial charge in [0.25, 0.3) is 0 Å². The lowest BCUT2D eigenvalue weighted by atomic mass is 10.4. The molecule has 0 amide bonds. The fraction of sp³-hybridized carbons (Fsp3) is 1.00. The minimum Gasteiger partial charge on any atom is -0.365 e. The van der Waals surface area contributed by atoms with E-state index < -0.39 is 12.1 Å². The smallest absolute Gasteiger partial charge is 0.121 e. The predicted octanol–water partition coefficient (Wildman–Crippen LogP) is 7.86. The van der Waals surface area contributed by atoms with Crippen molar-refractivity contribution in [2.75, 3.05) is 31.3 Å². The maximum atomic E-state index is 6.64. The molecule has 0 rings (SSSR count). The summed E-state index contributed by atoms with van der Waals surface area (Å²) in [6.07, 6.45) is 14.6. The van der Waals surface area contributed by atoms with Crippen LogP contribution >= 0.6 is 12.1 Å². The molecule has 0 aliphatic rings. The molecule has 0 saturated heterocycles. The zero-order valence-corrected chi connectivity index (χ0v) is 21.2. The Morgan fingerprint density at radius 3 is 1.12 bits per heavy atom. The summed E-state index contributed by atoms with van der Waals surface area (Å²) < 4.78 is 6.64. The van der Waals surface area contributed by atoms with Crippen LogP contribution < -0.4 is 0 Å². The quantitative estimate of drug-likeness (QED) is 0.232. The van der Waals surface area contributed by atoms with E-state index in [0.717, 1.165) is 6.61 Å². The zero-order chi connectivity index (χ0) is 19.4. The van der Waals surface area contributed by atoms with E-state index >= 15 is 0 Å². The Hall–Kier alpha value is 1.26. The second-order valence-electron chi connectivity index (χ2n) is 7.45.